The van der Waals surface area contributed by atoms with Crippen molar-refractivity contribution in [2.24, 2.45) is 0 Å². The summed E-state index contributed by atoms with van der Waals surface area (Å²) in [6.07, 6.45) is 1.16. The third-order valence-electron chi connectivity index (χ3n) is 3.78. The van der Waals surface area contributed by atoms with Crippen LogP contribution in [-0.2, 0) is 20.9 Å². The average molecular weight is 317 g/mol. The summed E-state index contributed by atoms with van der Waals surface area (Å²) in [5.41, 5.74) is 0.313. The molecule has 23 heavy (non-hydrogen) atoms. The van der Waals surface area contributed by atoms with Crippen LogP contribution in [0.2, 0.25) is 0 Å². The number of morpholine rings is 1. The van der Waals surface area contributed by atoms with Gasteiger partial charge in [-0.3, -0.25) is 14.3 Å². The van der Waals surface area contributed by atoms with Crippen molar-refractivity contribution >= 4 is 22.8 Å². The topological polar surface area (TPSA) is 102 Å². The summed E-state index contributed by atoms with van der Waals surface area (Å²) >= 11 is 0. The van der Waals surface area contributed by atoms with Crippen LogP contribution in [-0.4, -0.2) is 57.5 Å². The zero-order valence-electron chi connectivity index (χ0n) is 12.2. The number of fused-ring (bicyclic) bond motifs is 1. The fourth-order valence-electron chi connectivity index (χ4n) is 2.61. The Bertz CT molecular complexity index is 816. The zero-order chi connectivity index (χ0) is 16.4. The number of aliphatic carboxylic acids is 1. The van der Waals surface area contributed by atoms with Gasteiger partial charge in [0.25, 0.3) is 0 Å². The van der Waals surface area contributed by atoms with Gasteiger partial charge in [-0.1, -0.05) is 12.1 Å². The SMILES string of the molecule is O=C(O)[C@H]1COCCN1C(=O)Cn1ncc(=O)c2ccccc21. The summed E-state index contributed by atoms with van der Waals surface area (Å²) in [6, 6.07) is 5.85. The number of hydrogen-bond donors (Lipinski definition) is 1. The Balaban J connectivity index is 1.90. The number of aromatic nitrogens is 2. The van der Waals surface area contributed by atoms with Crippen LogP contribution in [0.5, 0.6) is 0 Å². The fourth-order valence-corrected chi connectivity index (χ4v) is 2.61. The normalized spacial score (nSPS) is 18.1. The molecule has 1 atom stereocenters. The van der Waals surface area contributed by atoms with E-state index in [9.17, 15) is 19.5 Å². The lowest BCUT2D eigenvalue weighted by atomic mass is 10.2. The number of nitrogens with zero attached hydrogens (tertiary/aromatic N) is 3. The second kappa shape index (κ2) is 6.17. The molecule has 8 nitrogen and oxygen atoms in total. The van der Waals surface area contributed by atoms with Crippen LogP contribution in [0.15, 0.2) is 35.3 Å². The number of carbonyl (C=O) groups excluding carboxylic acids is 1. The Hall–Kier alpha value is -2.74. The predicted molar refractivity (Wildman–Crippen MR) is 80.0 cm³/mol. The van der Waals surface area contributed by atoms with E-state index >= 15 is 0 Å². The molecule has 2 heterocycles. The minimum atomic E-state index is -1.10. The van der Waals surface area contributed by atoms with Gasteiger partial charge in [0.1, 0.15) is 6.54 Å². The lowest BCUT2D eigenvalue weighted by Gasteiger charge is -2.33. The largest absolute Gasteiger partial charge is 0.480 e. The van der Waals surface area contributed by atoms with Crippen molar-refractivity contribution in [2.45, 2.75) is 12.6 Å². The van der Waals surface area contributed by atoms with E-state index in [4.69, 9.17) is 4.74 Å². The Labute approximate surface area is 130 Å². The van der Waals surface area contributed by atoms with Crippen LogP contribution in [0.3, 0.4) is 0 Å². The Kier molecular flexibility index (Phi) is 4.07. The molecule has 2 aromatic rings. The maximum atomic E-state index is 12.5. The molecular weight excluding hydrogens is 302 g/mol. The molecule has 120 valence electrons. The highest BCUT2D eigenvalue weighted by Gasteiger charge is 2.32. The molecule has 1 amide bonds. The molecule has 1 saturated heterocycles. The molecule has 1 fully saturated rings. The van der Waals surface area contributed by atoms with Gasteiger partial charge < -0.3 is 14.7 Å². The first-order valence-corrected chi connectivity index (χ1v) is 7.13. The number of amides is 1. The molecule has 1 aliphatic rings. The summed E-state index contributed by atoms with van der Waals surface area (Å²) in [5, 5.41) is 13.6. The monoisotopic (exact) mass is 317 g/mol. The van der Waals surface area contributed by atoms with E-state index in [1.807, 2.05) is 0 Å². The summed E-state index contributed by atoms with van der Waals surface area (Å²) in [4.78, 5) is 36.8. The summed E-state index contributed by atoms with van der Waals surface area (Å²) < 4.78 is 6.53. The van der Waals surface area contributed by atoms with Crippen molar-refractivity contribution in [3.63, 3.8) is 0 Å². The maximum absolute atomic E-state index is 12.5. The van der Waals surface area contributed by atoms with E-state index in [0.29, 0.717) is 17.5 Å². The van der Waals surface area contributed by atoms with Crippen LogP contribution in [0.4, 0.5) is 0 Å². The van der Waals surface area contributed by atoms with Crippen LogP contribution in [0, 0.1) is 0 Å². The van der Waals surface area contributed by atoms with Gasteiger partial charge in [0.05, 0.1) is 24.9 Å². The lowest BCUT2D eigenvalue weighted by molar-refractivity contribution is -0.158. The van der Waals surface area contributed by atoms with E-state index in [0.717, 1.165) is 6.20 Å². The molecule has 1 aliphatic heterocycles. The first-order chi connectivity index (χ1) is 11.1. The van der Waals surface area contributed by atoms with E-state index in [1.54, 1.807) is 24.3 Å². The van der Waals surface area contributed by atoms with Gasteiger partial charge in [0.15, 0.2) is 6.04 Å². The maximum Gasteiger partial charge on any atom is 0.328 e. The van der Waals surface area contributed by atoms with E-state index in [2.05, 4.69) is 5.10 Å². The van der Waals surface area contributed by atoms with Gasteiger partial charge in [-0.05, 0) is 12.1 Å². The second-order valence-electron chi connectivity index (χ2n) is 5.20. The van der Waals surface area contributed by atoms with Crippen molar-refractivity contribution in [3.8, 4) is 0 Å². The lowest BCUT2D eigenvalue weighted by Crippen LogP contribution is -2.53. The van der Waals surface area contributed by atoms with E-state index < -0.39 is 12.0 Å². The number of carbonyl (C=O) groups is 2. The minimum absolute atomic E-state index is 0.0284. The minimum Gasteiger partial charge on any atom is -0.480 e. The summed E-state index contributed by atoms with van der Waals surface area (Å²) in [6.45, 7) is 0.353. The predicted octanol–water partition coefficient (Wildman–Crippen LogP) is -0.291. The average Bonchev–Trinajstić information content (AvgIpc) is 2.57. The quantitative estimate of drug-likeness (QED) is 0.834. The number of para-hydroxylation sites is 1. The van der Waals surface area contributed by atoms with Gasteiger partial charge in [0.2, 0.25) is 11.3 Å². The number of carboxylic acid groups (broad SMARTS) is 1. The zero-order valence-corrected chi connectivity index (χ0v) is 12.2. The molecule has 0 aliphatic carbocycles. The number of benzene rings is 1. The van der Waals surface area contributed by atoms with Crippen LogP contribution in [0.25, 0.3) is 10.9 Å². The molecule has 0 saturated carbocycles. The molecule has 3 rings (SSSR count). The van der Waals surface area contributed by atoms with E-state index in [-0.39, 0.29) is 31.0 Å². The third kappa shape index (κ3) is 2.93. The van der Waals surface area contributed by atoms with Crippen molar-refractivity contribution in [1.82, 2.24) is 14.7 Å². The Morgan fingerprint density at radius 2 is 2.13 bits per heavy atom. The third-order valence-corrected chi connectivity index (χ3v) is 3.78. The van der Waals surface area contributed by atoms with Crippen molar-refractivity contribution in [2.75, 3.05) is 19.8 Å². The molecule has 0 unspecified atom stereocenters. The first-order valence-electron chi connectivity index (χ1n) is 7.13. The molecule has 0 bridgehead atoms. The molecular formula is C15H15N3O5. The highest BCUT2D eigenvalue weighted by atomic mass is 16.5. The smallest absolute Gasteiger partial charge is 0.328 e. The molecule has 0 spiro atoms. The standard InChI is InChI=1S/C15H15N3O5/c19-13-7-16-18(11-4-2-1-3-10(11)13)8-14(20)17-5-6-23-9-12(17)15(21)22/h1-4,7,12H,5-6,8-9H2,(H,21,22)/t12-/m1/s1. The summed E-state index contributed by atoms with van der Waals surface area (Å²) in [5.74, 6) is -1.47. The van der Waals surface area contributed by atoms with Crippen LogP contribution in [0.1, 0.15) is 0 Å². The van der Waals surface area contributed by atoms with Gasteiger partial charge in [0, 0.05) is 11.9 Å². The van der Waals surface area contributed by atoms with Crippen molar-refractivity contribution in [3.05, 3.63) is 40.7 Å². The molecule has 1 aromatic carbocycles. The second-order valence-corrected chi connectivity index (χ2v) is 5.20. The van der Waals surface area contributed by atoms with Crippen molar-refractivity contribution < 1.29 is 19.4 Å². The fraction of sp³-hybridized carbons (Fsp3) is 0.333. The number of rotatable bonds is 3. The molecule has 8 heteroatoms. The van der Waals surface area contributed by atoms with Crippen LogP contribution >= 0.6 is 0 Å². The highest BCUT2D eigenvalue weighted by Crippen LogP contribution is 2.11. The number of ether oxygens (including phenoxy) is 1. The summed E-state index contributed by atoms with van der Waals surface area (Å²) in [7, 11) is 0. The number of hydrogen-bond acceptors (Lipinski definition) is 5. The van der Waals surface area contributed by atoms with Gasteiger partial charge in [-0.2, -0.15) is 5.10 Å². The van der Waals surface area contributed by atoms with Crippen molar-refractivity contribution in [1.29, 1.82) is 0 Å². The Morgan fingerprint density at radius 3 is 2.91 bits per heavy atom. The Morgan fingerprint density at radius 1 is 1.35 bits per heavy atom. The van der Waals surface area contributed by atoms with Gasteiger partial charge in [-0.25, -0.2) is 4.79 Å². The first kappa shape index (κ1) is 15.2. The molecule has 1 aromatic heterocycles. The highest BCUT2D eigenvalue weighted by molar-refractivity contribution is 5.85. The van der Waals surface area contributed by atoms with Crippen LogP contribution < -0.4 is 5.43 Å². The molecule has 0 radical (unpaired) electrons. The van der Waals surface area contributed by atoms with E-state index in [1.165, 1.54) is 9.58 Å². The number of carboxylic acids is 1. The van der Waals surface area contributed by atoms with Gasteiger partial charge >= 0.3 is 5.97 Å². The molecule has 1 N–H and O–H groups in total. The van der Waals surface area contributed by atoms with Gasteiger partial charge in [-0.15, -0.1) is 0 Å².